The van der Waals surface area contributed by atoms with Crippen LogP contribution >= 0.6 is 0 Å². The van der Waals surface area contributed by atoms with Gasteiger partial charge >= 0.3 is 0 Å². The molecule has 138 valence electrons. The highest BCUT2D eigenvalue weighted by Crippen LogP contribution is 2.46. The second kappa shape index (κ2) is 7.19. The molecule has 3 aromatic rings. The lowest BCUT2D eigenvalue weighted by atomic mass is 9.69. The second-order valence-corrected chi connectivity index (χ2v) is 6.84. The van der Waals surface area contributed by atoms with Crippen LogP contribution in [-0.2, 0) is 4.79 Å². The third-order valence-electron chi connectivity index (χ3n) is 5.37. The molecule has 0 N–H and O–H groups in total. The van der Waals surface area contributed by atoms with Crippen LogP contribution < -0.4 is 0 Å². The number of nitro benzene ring substituents is 1. The van der Waals surface area contributed by atoms with E-state index in [0.29, 0.717) is 11.1 Å². The number of rotatable bonds is 5. The van der Waals surface area contributed by atoms with Crippen LogP contribution in [0.4, 0.5) is 5.69 Å². The van der Waals surface area contributed by atoms with Crippen molar-refractivity contribution in [1.82, 2.24) is 0 Å². The molecule has 0 spiro atoms. The third kappa shape index (κ3) is 2.91. The highest BCUT2D eigenvalue weighted by molar-refractivity contribution is 6.12. The van der Waals surface area contributed by atoms with Crippen molar-refractivity contribution in [2.75, 3.05) is 0 Å². The summed E-state index contributed by atoms with van der Waals surface area (Å²) >= 11 is 0. The average Bonchev–Trinajstić information content (AvgIpc) is 2.73. The van der Waals surface area contributed by atoms with Gasteiger partial charge in [-0.1, -0.05) is 60.7 Å². The van der Waals surface area contributed by atoms with Gasteiger partial charge in [-0.25, -0.2) is 0 Å². The van der Waals surface area contributed by atoms with E-state index in [-0.39, 0.29) is 29.7 Å². The summed E-state index contributed by atoms with van der Waals surface area (Å²) in [5.41, 5.74) is 3.90. The molecule has 0 saturated carbocycles. The summed E-state index contributed by atoms with van der Waals surface area (Å²) in [5.74, 6) is -0.429. The minimum atomic E-state index is -0.442. The number of aldehydes is 1. The zero-order chi connectivity index (χ0) is 19.7. The Labute approximate surface area is 161 Å². The van der Waals surface area contributed by atoms with E-state index in [0.717, 1.165) is 23.0 Å². The first-order valence-corrected chi connectivity index (χ1v) is 9.02. The van der Waals surface area contributed by atoms with Crippen molar-refractivity contribution in [2.24, 2.45) is 0 Å². The molecular weight excluding hydrogens is 354 g/mol. The number of hydrogen-bond acceptors (Lipinski definition) is 4. The molecular formula is C23H17NO4. The molecule has 0 aromatic heterocycles. The maximum Gasteiger partial charge on any atom is 0.269 e. The van der Waals surface area contributed by atoms with Crippen molar-refractivity contribution >= 4 is 17.8 Å². The molecule has 0 unspecified atom stereocenters. The van der Waals surface area contributed by atoms with Crippen LogP contribution in [0.3, 0.4) is 0 Å². The highest BCUT2D eigenvalue weighted by atomic mass is 16.6. The van der Waals surface area contributed by atoms with Gasteiger partial charge in [-0.3, -0.25) is 14.9 Å². The van der Waals surface area contributed by atoms with Crippen LogP contribution in [0.1, 0.15) is 50.9 Å². The van der Waals surface area contributed by atoms with Gasteiger partial charge in [0.25, 0.3) is 5.69 Å². The summed E-state index contributed by atoms with van der Waals surface area (Å²) in [6.45, 7) is 0. The zero-order valence-corrected chi connectivity index (χ0v) is 14.9. The van der Waals surface area contributed by atoms with Gasteiger partial charge in [0, 0.05) is 41.5 Å². The van der Waals surface area contributed by atoms with Crippen molar-refractivity contribution in [2.45, 2.75) is 18.3 Å². The summed E-state index contributed by atoms with van der Waals surface area (Å²) < 4.78 is 0. The van der Waals surface area contributed by atoms with Crippen molar-refractivity contribution in [3.63, 3.8) is 0 Å². The Bertz CT molecular complexity index is 1020. The fourth-order valence-corrected chi connectivity index (χ4v) is 4.11. The molecule has 4 rings (SSSR count). The zero-order valence-electron chi connectivity index (χ0n) is 14.9. The van der Waals surface area contributed by atoms with Crippen LogP contribution in [-0.4, -0.2) is 17.0 Å². The normalized spacial score (nSPS) is 14.1. The molecule has 3 aromatic carbocycles. The molecule has 0 fully saturated rings. The first-order chi connectivity index (χ1) is 13.6. The number of ketones is 1. The minimum Gasteiger partial charge on any atom is -0.303 e. The molecule has 1 aliphatic carbocycles. The van der Waals surface area contributed by atoms with Crippen LogP contribution in [0.25, 0.3) is 0 Å². The van der Waals surface area contributed by atoms with Crippen molar-refractivity contribution in [3.05, 3.63) is 111 Å². The molecule has 0 radical (unpaired) electrons. The van der Waals surface area contributed by atoms with E-state index in [1.165, 1.54) is 12.1 Å². The number of benzene rings is 3. The first kappa shape index (κ1) is 17.8. The van der Waals surface area contributed by atoms with Gasteiger partial charge in [0.2, 0.25) is 0 Å². The number of non-ortho nitro benzene ring substituents is 1. The maximum atomic E-state index is 12.9. The summed E-state index contributed by atoms with van der Waals surface area (Å²) in [5, 5.41) is 11.0. The molecule has 0 saturated heterocycles. The maximum absolute atomic E-state index is 12.9. The lowest BCUT2D eigenvalue weighted by Gasteiger charge is -2.33. The van der Waals surface area contributed by atoms with E-state index in [1.54, 1.807) is 12.1 Å². The lowest BCUT2D eigenvalue weighted by Crippen LogP contribution is -2.24. The summed E-state index contributed by atoms with van der Waals surface area (Å²) in [4.78, 5) is 35.0. The molecule has 5 nitrogen and oxygen atoms in total. The topological polar surface area (TPSA) is 77.3 Å². The van der Waals surface area contributed by atoms with E-state index in [4.69, 9.17) is 0 Å². The average molecular weight is 371 g/mol. The molecule has 0 aliphatic heterocycles. The van der Waals surface area contributed by atoms with Gasteiger partial charge in [0.05, 0.1) is 4.92 Å². The van der Waals surface area contributed by atoms with Gasteiger partial charge in [0.1, 0.15) is 6.29 Å². The predicted molar refractivity (Wildman–Crippen MR) is 105 cm³/mol. The van der Waals surface area contributed by atoms with Crippen LogP contribution in [0.5, 0.6) is 0 Å². The van der Waals surface area contributed by atoms with Gasteiger partial charge in [-0.15, -0.1) is 0 Å². The van der Waals surface area contributed by atoms with Crippen LogP contribution in [0.15, 0.2) is 72.8 Å². The Morgan fingerprint density at radius 2 is 1.43 bits per heavy atom. The summed E-state index contributed by atoms with van der Waals surface area (Å²) in [6.07, 6.45) is 1.12. The minimum absolute atomic E-state index is 0.00762. The monoisotopic (exact) mass is 371 g/mol. The standard InChI is InChI=1S/C23H17NO4/c25-14-13-17(15-9-11-16(12-10-15)24(27)28)22-18-5-1-3-7-20(18)23(26)21-8-4-2-6-19(21)22/h1-12,14,17,22H,13H2/t17-/m0/s1. The smallest absolute Gasteiger partial charge is 0.269 e. The Kier molecular flexibility index (Phi) is 4.57. The third-order valence-corrected chi connectivity index (χ3v) is 5.37. The Morgan fingerprint density at radius 3 is 1.93 bits per heavy atom. The Hall–Kier alpha value is -3.60. The number of carbonyl (C=O) groups excluding carboxylic acids is 2. The molecule has 28 heavy (non-hydrogen) atoms. The van der Waals surface area contributed by atoms with Crippen LogP contribution in [0.2, 0.25) is 0 Å². The highest BCUT2D eigenvalue weighted by Gasteiger charge is 2.36. The second-order valence-electron chi connectivity index (χ2n) is 6.84. The van der Waals surface area contributed by atoms with Crippen molar-refractivity contribution in [1.29, 1.82) is 0 Å². The summed E-state index contributed by atoms with van der Waals surface area (Å²) in [6, 6.07) is 21.3. The number of fused-ring (bicyclic) bond motifs is 2. The number of carbonyl (C=O) groups is 2. The van der Waals surface area contributed by atoms with Crippen molar-refractivity contribution in [3.8, 4) is 0 Å². The van der Waals surface area contributed by atoms with Gasteiger partial charge in [-0.05, 0) is 16.7 Å². The molecule has 1 atom stereocenters. The molecule has 5 heteroatoms. The van der Waals surface area contributed by atoms with E-state index in [2.05, 4.69) is 0 Å². The fourth-order valence-electron chi connectivity index (χ4n) is 4.11. The molecule has 0 heterocycles. The van der Waals surface area contributed by atoms with Crippen LogP contribution in [0, 0.1) is 10.1 Å². The van der Waals surface area contributed by atoms with Crippen molar-refractivity contribution < 1.29 is 14.5 Å². The SMILES string of the molecule is O=CC[C@@H](c1ccc([N+](=O)[O-])cc1)C1c2ccccc2C(=O)c2ccccc21. The fraction of sp³-hybridized carbons (Fsp3) is 0.130. The van der Waals surface area contributed by atoms with E-state index >= 15 is 0 Å². The van der Waals surface area contributed by atoms with Gasteiger partial charge in [0.15, 0.2) is 5.78 Å². The van der Waals surface area contributed by atoms with Gasteiger partial charge < -0.3 is 4.79 Å². The molecule has 0 bridgehead atoms. The summed E-state index contributed by atoms with van der Waals surface area (Å²) in [7, 11) is 0. The largest absolute Gasteiger partial charge is 0.303 e. The number of nitro groups is 1. The van der Waals surface area contributed by atoms with E-state index < -0.39 is 4.92 Å². The molecule has 0 amide bonds. The quantitative estimate of drug-likeness (QED) is 0.372. The lowest BCUT2D eigenvalue weighted by molar-refractivity contribution is -0.384. The Morgan fingerprint density at radius 1 is 0.893 bits per heavy atom. The first-order valence-electron chi connectivity index (χ1n) is 9.02. The Balaban J connectivity index is 1.89. The van der Waals surface area contributed by atoms with Gasteiger partial charge in [-0.2, -0.15) is 0 Å². The van der Waals surface area contributed by atoms with E-state index in [1.807, 2.05) is 48.5 Å². The number of nitrogens with zero attached hydrogens (tertiary/aromatic N) is 1. The number of hydrogen-bond donors (Lipinski definition) is 0. The van der Waals surface area contributed by atoms with E-state index in [9.17, 15) is 19.7 Å². The predicted octanol–water partition coefficient (Wildman–Crippen LogP) is 4.64. The molecule has 1 aliphatic rings.